The summed E-state index contributed by atoms with van der Waals surface area (Å²) < 4.78 is 6.23. The van der Waals surface area contributed by atoms with Crippen LogP contribution in [0.5, 0.6) is 0 Å². The van der Waals surface area contributed by atoms with Gasteiger partial charge in [-0.2, -0.15) is 0 Å². The molecule has 3 aliphatic rings. The van der Waals surface area contributed by atoms with E-state index in [2.05, 4.69) is 30.3 Å². The van der Waals surface area contributed by atoms with Crippen molar-refractivity contribution in [2.75, 3.05) is 13.2 Å². The van der Waals surface area contributed by atoms with Gasteiger partial charge in [0.15, 0.2) is 5.72 Å². The monoisotopic (exact) mass is 277 g/mol. The highest BCUT2D eigenvalue weighted by atomic mass is 16.5. The molecule has 2 bridgehead atoms. The van der Waals surface area contributed by atoms with Crippen LogP contribution in [0.2, 0.25) is 0 Å². The highest BCUT2D eigenvalue weighted by Crippen LogP contribution is 2.61. The lowest BCUT2D eigenvalue weighted by Crippen LogP contribution is -2.44. The van der Waals surface area contributed by atoms with Gasteiger partial charge in [0.25, 0.3) is 5.91 Å². The Morgan fingerprint density at radius 2 is 1.81 bits per heavy atom. The Morgan fingerprint density at radius 3 is 2.67 bits per heavy atom. The molecule has 104 valence electrons. The summed E-state index contributed by atoms with van der Waals surface area (Å²) in [6.07, 6.45) is 0. The van der Waals surface area contributed by atoms with Crippen molar-refractivity contribution < 1.29 is 9.53 Å². The minimum atomic E-state index is -0.570. The minimum absolute atomic E-state index is 0.119. The van der Waals surface area contributed by atoms with E-state index >= 15 is 0 Å². The molecule has 2 saturated heterocycles. The van der Waals surface area contributed by atoms with E-state index in [4.69, 9.17) is 4.74 Å². The van der Waals surface area contributed by atoms with Crippen LogP contribution in [0.25, 0.3) is 0 Å². The summed E-state index contributed by atoms with van der Waals surface area (Å²) in [4.78, 5) is 14.6. The maximum absolute atomic E-state index is 12.7. The molecule has 0 saturated carbocycles. The van der Waals surface area contributed by atoms with Gasteiger partial charge >= 0.3 is 0 Å². The second-order valence-electron chi connectivity index (χ2n) is 6.12. The van der Waals surface area contributed by atoms with Gasteiger partial charge in [0.05, 0.1) is 6.61 Å². The number of amides is 1. The lowest BCUT2D eigenvalue weighted by atomic mass is 9.81. The SMILES string of the molecule is O=C1c2ccccc2[C@]23OC[C@H](CN12)C3c1ccccc1. The summed E-state index contributed by atoms with van der Waals surface area (Å²) in [5.74, 6) is 0.754. The molecule has 2 aromatic carbocycles. The van der Waals surface area contributed by atoms with Gasteiger partial charge in [-0.1, -0.05) is 48.5 Å². The predicted octanol–water partition coefficient (Wildman–Crippen LogP) is 2.74. The molecular formula is C18H15NO2. The molecule has 1 unspecified atom stereocenters. The number of benzene rings is 2. The molecule has 1 spiro atoms. The van der Waals surface area contributed by atoms with Crippen LogP contribution in [0.1, 0.15) is 27.4 Å². The third kappa shape index (κ3) is 1.21. The van der Waals surface area contributed by atoms with Gasteiger partial charge in [-0.15, -0.1) is 0 Å². The Balaban J connectivity index is 1.76. The fourth-order valence-corrected chi connectivity index (χ4v) is 4.42. The van der Waals surface area contributed by atoms with Crippen molar-refractivity contribution >= 4 is 5.91 Å². The van der Waals surface area contributed by atoms with E-state index in [1.807, 2.05) is 29.2 Å². The third-order valence-electron chi connectivity index (χ3n) is 5.18. The average molecular weight is 277 g/mol. The smallest absolute Gasteiger partial charge is 0.256 e. The van der Waals surface area contributed by atoms with Crippen LogP contribution in [0.3, 0.4) is 0 Å². The van der Waals surface area contributed by atoms with Crippen molar-refractivity contribution in [3.63, 3.8) is 0 Å². The van der Waals surface area contributed by atoms with E-state index in [9.17, 15) is 4.79 Å². The van der Waals surface area contributed by atoms with Crippen LogP contribution in [0, 0.1) is 5.92 Å². The number of carbonyl (C=O) groups excluding carboxylic acids is 1. The molecule has 0 radical (unpaired) electrons. The molecule has 3 heteroatoms. The molecule has 1 amide bonds. The molecule has 3 heterocycles. The summed E-state index contributed by atoms with van der Waals surface area (Å²) in [6.45, 7) is 1.53. The molecule has 2 aromatic rings. The van der Waals surface area contributed by atoms with E-state index in [1.165, 1.54) is 5.56 Å². The summed E-state index contributed by atoms with van der Waals surface area (Å²) in [7, 11) is 0. The Labute approximate surface area is 123 Å². The van der Waals surface area contributed by atoms with Crippen molar-refractivity contribution in [3.8, 4) is 0 Å². The molecule has 5 rings (SSSR count). The van der Waals surface area contributed by atoms with Crippen LogP contribution in [-0.4, -0.2) is 24.0 Å². The van der Waals surface area contributed by atoms with Gasteiger partial charge in [-0.25, -0.2) is 0 Å². The van der Waals surface area contributed by atoms with Gasteiger partial charge < -0.3 is 9.64 Å². The van der Waals surface area contributed by atoms with Gasteiger partial charge in [0, 0.05) is 29.5 Å². The quantitative estimate of drug-likeness (QED) is 0.802. The number of ether oxygens (including phenoxy) is 1. The number of nitrogens with zero attached hydrogens (tertiary/aromatic N) is 1. The number of hydrogen-bond donors (Lipinski definition) is 0. The first kappa shape index (κ1) is 11.5. The Kier molecular flexibility index (Phi) is 2.05. The topological polar surface area (TPSA) is 29.5 Å². The molecule has 21 heavy (non-hydrogen) atoms. The van der Waals surface area contributed by atoms with Crippen molar-refractivity contribution in [2.45, 2.75) is 11.6 Å². The molecule has 0 aromatic heterocycles. The van der Waals surface area contributed by atoms with E-state index in [-0.39, 0.29) is 11.8 Å². The molecular weight excluding hydrogens is 262 g/mol. The van der Waals surface area contributed by atoms with E-state index < -0.39 is 5.72 Å². The van der Waals surface area contributed by atoms with Crippen molar-refractivity contribution in [2.24, 2.45) is 5.92 Å². The Bertz CT molecular complexity index is 742. The molecule has 0 aliphatic carbocycles. The van der Waals surface area contributed by atoms with E-state index in [1.54, 1.807) is 0 Å². The lowest BCUT2D eigenvalue weighted by Gasteiger charge is -2.35. The maximum Gasteiger partial charge on any atom is 0.256 e. The van der Waals surface area contributed by atoms with Crippen LogP contribution in [0.15, 0.2) is 54.6 Å². The average Bonchev–Trinajstić information content (AvgIpc) is 3.16. The summed E-state index contributed by atoms with van der Waals surface area (Å²) >= 11 is 0. The number of rotatable bonds is 1. The van der Waals surface area contributed by atoms with Gasteiger partial charge in [-0.05, 0) is 11.6 Å². The Hall–Kier alpha value is -2.13. The zero-order valence-corrected chi connectivity index (χ0v) is 11.5. The van der Waals surface area contributed by atoms with Crippen LogP contribution < -0.4 is 0 Å². The largest absolute Gasteiger partial charge is 0.350 e. The number of carbonyl (C=O) groups is 1. The fraction of sp³-hybridized carbons (Fsp3) is 0.278. The molecule has 3 nitrogen and oxygen atoms in total. The lowest BCUT2D eigenvalue weighted by molar-refractivity contribution is -0.114. The van der Waals surface area contributed by atoms with Crippen molar-refractivity contribution in [1.82, 2.24) is 4.90 Å². The first-order chi connectivity index (χ1) is 10.3. The summed E-state index contributed by atoms with van der Waals surface area (Å²) in [5, 5.41) is 0. The van der Waals surface area contributed by atoms with Crippen LogP contribution >= 0.6 is 0 Å². The zero-order chi connectivity index (χ0) is 14.0. The highest BCUT2D eigenvalue weighted by molar-refractivity contribution is 6.00. The number of fused-ring (bicyclic) bond motifs is 2. The predicted molar refractivity (Wildman–Crippen MR) is 77.8 cm³/mol. The third-order valence-corrected chi connectivity index (χ3v) is 5.18. The number of hydrogen-bond acceptors (Lipinski definition) is 2. The van der Waals surface area contributed by atoms with Crippen molar-refractivity contribution in [3.05, 3.63) is 71.3 Å². The second-order valence-corrected chi connectivity index (χ2v) is 6.12. The van der Waals surface area contributed by atoms with Gasteiger partial charge in [0.2, 0.25) is 0 Å². The molecule has 2 fully saturated rings. The van der Waals surface area contributed by atoms with Gasteiger partial charge in [0.1, 0.15) is 0 Å². The fourth-order valence-electron chi connectivity index (χ4n) is 4.42. The summed E-state index contributed by atoms with van der Waals surface area (Å²) in [5.41, 5.74) is 2.55. The van der Waals surface area contributed by atoms with Crippen molar-refractivity contribution in [1.29, 1.82) is 0 Å². The molecule has 3 aliphatic heterocycles. The molecule has 3 atom stereocenters. The summed E-state index contributed by atoms with van der Waals surface area (Å²) in [6, 6.07) is 18.4. The van der Waals surface area contributed by atoms with Gasteiger partial charge in [-0.3, -0.25) is 4.79 Å². The first-order valence-corrected chi connectivity index (χ1v) is 7.43. The standard InChI is InChI=1S/C18H15NO2/c20-17-14-8-4-5-9-15(14)18-16(12-6-2-1-3-7-12)13(11-21-18)10-19(17)18/h1-9,13,16H,10-11H2/t13-,16?,18+/m0/s1. The minimum Gasteiger partial charge on any atom is -0.350 e. The zero-order valence-electron chi connectivity index (χ0n) is 11.5. The van der Waals surface area contributed by atoms with E-state index in [0.717, 1.165) is 24.3 Å². The van der Waals surface area contributed by atoms with E-state index in [0.29, 0.717) is 5.92 Å². The van der Waals surface area contributed by atoms with Crippen LogP contribution in [0.4, 0.5) is 0 Å². The normalized spacial score (nSPS) is 32.4. The van der Waals surface area contributed by atoms with Crippen LogP contribution in [-0.2, 0) is 10.5 Å². The second kappa shape index (κ2) is 3.74. The maximum atomic E-state index is 12.7. The molecule has 0 N–H and O–H groups in total. The first-order valence-electron chi connectivity index (χ1n) is 7.43. The highest BCUT2D eigenvalue weighted by Gasteiger charge is 2.66. The Morgan fingerprint density at radius 1 is 1.05 bits per heavy atom.